The van der Waals surface area contributed by atoms with E-state index in [1.165, 1.54) is 5.57 Å². The van der Waals surface area contributed by atoms with Crippen LogP contribution in [0, 0.1) is 23.7 Å². The summed E-state index contributed by atoms with van der Waals surface area (Å²) in [5.74, 6) is 2.42. The van der Waals surface area contributed by atoms with Gasteiger partial charge in [0.15, 0.2) is 0 Å². The van der Waals surface area contributed by atoms with Crippen molar-refractivity contribution >= 4 is 8.05 Å². The molecule has 0 aliphatic heterocycles. The van der Waals surface area contributed by atoms with Gasteiger partial charge in [0.1, 0.15) is 0 Å². The first kappa shape index (κ1) is 9.85. The summed E-state index contributed by atoms with van der Waals surface area (Å²) in [5, 5.41) is 0. The molecule has 12 heavy (non-hydrogen) atoms. The first-order valence-corrected chi connectivity index (χ1v) is 4.60. The van der Waals surface area contributed by atoms with Gasteiger partial charge in [-0.25, -0.2) is 0 Å². The van der Waals surface area contributed by atoms with Gasteiger partial charge in [0.25, 0.3) is 8.05 Å². The van der Waals surface area contributed by atoms with Crippen molar-refractivity contribution in [2.24, 2.45) is 23.7 Å². The molecule has 0 N–H and O–H groups in total. The molecule has 1 rings (SSSR count). The highest BCUT2D eigenvalue weighted by atomic mass is 16.4. The van der Waals surface area contributed by atoms with Crippen LogP contribution < -0.4 is 0 Å². The molecule has 1 saturated carbocycles. The first-order valence-electron chi connectivity index (χ1n) is 4.60. The normalized spacial score (nSPS) is 42.1. The average molecular weight is 164 g/mol. The molecule has 0 spiro atoms. The van der Waals surface area contributed by atoms with Crippen LogP contribution in [0.15, 0.2) is 12.2 Å². The van der Waals surface area contributed by atoms with Crippen molar-refractivity contribution in [3.05, 3.63) is 12.2 Å². The van der Waals surface area contributed by atoms with E-state index >= 15 is 0 Å². The van der Waals surface area contributed by atoms with Gasteiger partial charge in [-0.05, 0) is 17.8 Å². The van der Waals surface area contributed by atoms with Crippen molar-refractivity contribution in [2.45, 2.75) is 20.8 Å². The molecule has 0 aromatic carbocycles. The Balaban J connectivity index is 2.69. The van der Waals surface area contributed by atoms with E-state index in [0.717, 1.165) is 0 Å². The van der Waals surface area contributed by atoms with E-state index in [1.807, 2.05) is 0 Å². The maximum absolute atomic E-state index is 5.08. The second-order valence-electron chi connectivity index (χ2n) is 4.02. The van der Waals surface area contributed by atoms with Crippen LogP contribution in [0.2, 0.25) is 0 Å². The van der Waals surface area contributed by atoms with Gasteiger partial charge in [-0.2, -0.15) is 0 Å². The minimum atomic E-state index is 0.458. The molecule has 0 aromatic heterocycles. The zero-order valence-electron chi connectivity index (χ0n) is 8.21. The van der Waals surface area contributed by atoms with E-state index in [2.05, 4.69) is 27.4 Å². The molecule has 66 valence electrons. The SMILES string of the molecule is [B]OCC1C(=C)C(C)C(C)C1C. The number of rotatable bonds is 2. The second kappa shape index (κ2) is 3.65. The second-order valence-corrected chi connectivity index (χ2v) is 4.02. The molecule has 4 unspecified atom stereocenters. The molecule has 0 saturated heterocycles. The fourth-order valence-corrected chi connectivity index (χ4v) is 2.20. The lowest BCUT2D eigenvalue weighted by molar-refractivity contribution is 0.239. The van der Waals surface area contributed by atoms with Crippen molar-refractivity contribution in [2.75, 3.05) is 6.61 Å². The third-order valence-electron chi connectivity index (χ3n) is 3.59. The third kappa shape index (κ3) is 1.45. The fraction of sp³-hybridized carbons (Fsp3) is 0.800. The lowest BCUT2D eigenvalue weighted by Crippen LogP contribution is -2.15. The quantitative estimate of drug-likeness (QED) is 0.449. The van der Waals surface area contributed by atoms with Gasteiger partial charge in [0, 0.05) is 12.5 Å². The van der Waals surface area contributed by atoms with Crippen LogP contribution >= 0.6 is 0 Å². The summed E-state index contributed by atoms with van der Waals surface area (Å²) in [4.78, 5) is 0. The van der Waals surface area contributed by atoms with Crippen LogP contribution in [-0.2, 0) is 4.65 Å². The van der Waals surface area contributed by atoms with E-state index in [0.29, 0.717) is 30.3 Å². The average Bonchev–Trinajstić information content (AvgIpc) is 2.23. The van der Waals surface area contributed by atoms with E-state index < -0.39 is 0 Å². The van der Waals surface area contributed by atoms with Gasteiger partial charge in [-0.15, -0.1) is 0 Å². The van der Waals surface area contributed by atoms with Crippen molar-refractivity contribution in [3.63, 3.8) is 0 Å². The summed E-state index contributed by atoms with van der Waals surface area (Å²) in [5.41, 5.74) is 1.31. The Bertz CT molecular complexity index is 179. The van der Waals surface area contributed by atoms with Crippen LogP contribution in [0.1, 0.15) is 20.8 Å². The zero-order valence-corrected chi connectivity index (χ0v) is 8.21. The first-order chi connectivity index (χ1) is 5.59. The Kier molecular flexibility index (Phi) is 3.00. The summed E-state index contributed by atoms with van der Waals surface area (Å²) in [6.07, 6.45) is 0. The van der Waals surface area contributed by atoms with Crippen molar-refractivity contribution in [1.29, 1.82) is 0 Å². The molecular weight excluding hydrogens is 147 g/mol. The van der Waals surface area contributed by atoms with E-state index in [9.17, 15) is 0 Å². The zero-order chi connectivity index (χ0) is 9.30. The summed E-state index contributed by atoms with van der Waals surface area (Å²) >= 11 is 0. The highest BCUT2D eigenvalue weighted by molar-refractivity contribution is 5.97. The lowest BCUT2D eigenvalue weighted by Gasteiger charge is -2.17. The molecule has 0 aromatic rings. The van der Waals surface area contributed by atoms with Gasteiger partial charge >= 0.3 is 0 Å². The molecule has 1 aliphatic rings. The van der Waals surface area contributed by atoms with Crippen LogP contribution in [0.4, 0.5) is 0 Å². The van der Waals surface area contributed by atoms with Gasteiger partial charge in [0.2, 0.25) is 0 Å². The molecule has 0 bridgehead atoms. The van der Waals surface area contributed by atoms with Crippen LogP contribution in [0.5, 0.6) is 0 Å². The van der Waals surface area contributed by atoms with Gasteiger partial charge in [0.05, 0.1) is 0 Å². The monoisotopic (exact) mass is 164 g/mol. The molecule has 2 heteroatoms. The molecule has 1 nitrogen and oxygen atoms in total. The Morgan fingerprint density at radius 3 is 2.25 bits per heavy atom. The van der Waals surface area contributed by atoms with E-state index in [4.69, 9.17) is 12.7 Å². The summed E-state index contributed by atoms with van der Waals surface area (Å²) in [6, 6.07) is 0. The lowest BCUT2D eigenvalue weighted by atomic mass is 9.91. The minimum Gasteiger partial charge on any atom is -0.447 e. The predicted octanol–water partition coefficient (Wildman–Crippen LogP) is 2.18. The van der Waals surface area contributed by atoms with Gasteiger partial charge in [-0.1, -0.05) is 32.9 Å². The molecule has 1 fully saturated rings. The standard InChI is InChI=1S/C10H17BO/c1-6-7(2)9(4)10(5-12-11)8(6)3/h6-7,9-10H,3,5H2,1-2,4H3. The number of hydrogen-bond acceptors (Lipinski definition) is 1. The topological polar surface area (TPSA) is 9.23 Å². The molecule has 4 atom stereocenters. The predicted molar refractivity (Wildman–Crippen MR) is 51.8 cm³/mol. The van der Waals surface area contributed by atoms with Crippen LogP contribution in [-0.4, -0.2) is 14.7 Å². The summed E-state index contributed by atoms with van der Waals surface area (Å²) < 4.78 is 4.70. The van der Waals surface area contributed by atoms with Crippen LogP contribution in [0.3, 0.4) is 0 Å². The van der Waals surface area contributed by atoms with Crippen molar-refractivity contribution < 1.29 is 4.65 Å². The third-order valence-corrected chi connectivity index (χ3v) is 3.59. The Labute approximate surface area is 76.6 Å². The molecule has 0 amide bonds. The maximum atomic E-state index is 5.08. The van der Waals surface area contributed by atoms with E-state index in [1.54, 1.807) is 0 Å². The highest BCUT2D eigenvalue weighted by Gasteiger charge is 2.37. The van der Waals surface area contributed by atoms with Gasteiger partial charge in [-0.3, -0.25) is 0 Å². The molecular formula is C10H17BO. The Morgan fingerprint density at radius 1 is 1.33 bits per heavy atom. The maximum Gasteiger partial charge on any atom is 0.282 e. The Morgan fingerprint density at radius 2 is 1.92 bits per heavy atom. The fourth-order valence-electron chi connectivity index (χ4n) is 2.20. The molecule has 2 radical (unpaired) electrons. The Hall–Kier alpha value is -0.235. The minimum absolute atomic E-state index is 0.458. The van der Waals surface area contributed by atoms with E-state index in [-0.39, 0.29) is 0 Å². The summed E-state index contributed by atoms with van der Waals surface area (Å²) in [6.45, 7) is 11.5. The highest BCUT2D eigenvalue weighted by Crippen LogP contribution is 2.44. The molecule has 1 aliphatic carbocycles. The van der Waals surface area contributed by atoms with Gasteiger partial charge < -0.3 is 4.65 Å². The number of hydrogen-bond donors (Lipinski definition) is 0. The molecule has 0 heterocycles. The summed E-state index contributed by atoms with van der Waals surface area (Å²) in [7, 11) is 5.08. The van der Waals surface area contributed by atoms with Crippen molar-refractivity contribution in [1.82, 2.24) is 0 Å². The largest absolute Gasteiger partial charge is 0.447 e. The smallest absolute Gasteiger partial charge is 0.282 e. The van der Waals surface area contributed by atoms with Crippen LogP contribution in [0.25, 0.3) is 0 Å². The van der Waals surface area contributed by atoms with Crippen molar-refractivity contribution in [3.8, 4) is 0 Å².